The molecule has 0 aliphatic heterocycles. The highest BCUT2D eigenvalue weighted by Crippen LogP contribution is 2.13. The number of hydrogen-bond acceptors (Lipinski definition) is 4. The summed E-state index contributed by atoms with van der Waals surface area (Å²) in [4.78, 5) is 15.2. The third-order valence-electron chi connectivity index (χ3n) is 1.84. The molecule has 0 bridgehead atoms. The van der Waals surface area contributed by atoms with Gasteiger partial charge in [-0.3, -0.25) is 0 Å². The molecule has 2 aromatic rings. The number of anilines is 1. The van der Waals surface area contributed by atoms with Crippen molar-refractivity contribution in [1.82, 2.24) is 19.9 Å². The van der Waals surface area contributed by atoms with Crippen LogP contribution in [0.15, 0.2) is 24.8 Å². The van der Waals surface area contributed by atoms with Crippen molar-refractivity contribution >= 4 is 17.0 Å². The molecule has 2 heterocycles. The molecule has 14 heavy (non-hydrogen) atoms. The molecule has 0 unspecified atom stereocenters. The number of aromatic nitrogens is 4. The molecular weight excluding hydrogens is 178 g/mol. The molecular formula is C9H11N5. The van der Waals surface area contributed by atoms with Crippen molar-refractivity contribution in [3.8, 4) is 0 Å². The van der Waals surface area contributed by atoms with Crippen LogP contribution in [-0.4, -0.2) is 26.5 Å². The second-order valence-corrected chi connectivity index (χ2v) is 2.77. The van der Waals surface area contributed by atoms with Crippen LogP contribution in [0.5, 0.6) is 0 Å². The standard InChI is InChI=1S/C9H11N5/c1-2-3-4-10-8-7-9(12-5-11-7)14-6-13-8/h2-3,5-6H,4H2,1H3,(H2,10,11,12,13,14)/b3-2+. The third-order valence-corrected chi connectivity index (χ3v) is 1.84. The number of fused-ring (bicyclic) bond motifs is 1. The van der Waals surface area contributed by atoms with Gasteiger partial charge >= 0.3 is 0 Å². The second kappa shape index (κ2) is 3.87. The lowest BCUT2D eigenvalue weighted by Crippen LogP contribution is -2.01. The summed E-state index contributed by atoms with van der Waals surface area (Å²) in [5.41, 5.74) is 1.53. The molecule has 0 saturated carbocycles. The zero-order valence-electron chi connectivity index (χ0n) is 7.86. The molecule has 0 saturated heterocycles. The number of nitrogens with zero attached hydrogens (tertiary/aromatic N) is 3. The first-order valence-electron chi connectivity index (χ1n) is 4.41. The Balaban J connectivity index is 2.27. The molecule has 0 atom stereocenters. The van der Waals surface area contributed by atoms with Gasteiger partial charge in [-0.15, -0.1) is 0 Å². The molecule has 0 amide bonds. The summed E-state index contributed by atoms with van der Waals surface area (Å²) in [7, 11) is 0. The molecule has 0 spiro atoms. The maximum absolute atomic E-state index is 4.13. The normalized spacial score (nSPS) is 11.2. The summed E-state index contributed by atoms with van der Waals surface area (Å²) >= 11 is 0. The zero-order valence-corrected chi connectivity index (χ0v) is 7.86. The first-order chi connectivity index (χ1) is 6.92. The van der Waals surface area contributed by atoms with Gasteiger partial charge in [-0.1, -0.05) is 12.2 Å². The molecule has 0 radical (unpaired) electrons. The lowest BCUT2D eigenvalue weighted by Gasteiger charge is -2.01. The Bertz CT molecular complexity index is 445. The van der Waals surface area contributed by atoms with Gasteiger partial charge in [0.05, 0.1) is 6.33 Å². The van der Waals surface area contributed by atoms with Crippen molar-refractivity contribution in [3.05, 3.63) is 24.8 Å². The number of hydrogen-bond donors (Lipinski definition) is 2. The van der Waals surface area contributed by atoms with E-state index in [1.807, 2.05) is 19.1 Å². The minimum absolute atomic E-state index is 0.746. The topological polar surface area (TPSA) is 66.5 Å². The maximum Gasteiger partial charge on any atom is 0.162 e. The Morgan fingerprint density at radius 1 is 1.43 bits per heavy atom. The molecule has 2 aromatic heterocycles. The zero-order chi connectivity index (χ0) is 9.80. The van der Waals surface area contributed by atoms with Crippen LogP contribution in [0, 0.1) is 0 Å². The lowest BCUT2D eigenvalue weighted by atomic mass is 10.4. The highest BCUT2D eigenvalue weighted by molar-refractivity contribution is 5.81. The van der Waals surface area contributed by atoms with Gasteiger partial charge in [0.1, 0.15) is 11.8 Å². The Hall–Kier alpha value is -1.91. The molecule has 2 N–H and O–H groups in total. The predicted octanol–water partition coefficient (Wildman–Crippen LogP) is 1.34. The van der Waals surface area contributed by atoms with E-state index < -0.39 is 0 Å². The van der Waals surface area contributed by atoms with Crippen molar-refractivity contribution in [2.75, 3.05) is 11.9 Å². The van der Waals surface area contributed by atoms with Crippen molar-refractivity contribution in [3.63, 3.8) is 0 Å². The average Bonchev–Trinajstić information content (AvgIpc) is 2.67. The fourth-order valence-electron chi connectivity index (χ4n) is 1.17. The maximum atomic E-state index is 4.13. The predicted molar refractivity (Wildman–Crippen MR) is 55.0 cm³/mol. The summed E-state index contributed by atoms with van der Waals surface area (Å²) in [6.07, 6.45) is 7.12. The van der Waals surface area contributed by atoms with Gasteiger partial charge in [-0.2, -0.15) is 0 Å². The molecule has 0 fully saturated rings. The van der Waals surface area contributed by atoms with Gasteiger partial charge in [0.2, 0.25) is 0 Å². The van der Waals surface area contributed by atoms with E-state index in [9.17, 15) is 0 Å². The fourth-order valence-corrected chi connectivity index (χ4v) is 1.17. The SMILES string of the molecule is C/C=C/CNc1ncnc2[nH]cnc12. The number of aromatic amines is 1. The minimum atomic E-state index is 0.746. The van der Waals surface area contributed by atoms with Gasteiger partial charge in [0.15, 0.2) is 11.5 Å². The lowest BCUT2D eigenvalue weighted by molar-refractivity contribution is 1.17. The quantitative estimate of drug-likeness (QED) is 0.715. The molecule has 2 rings (SSSR count). The summed E-state index contributed by atoms with van der Waals surface area (Å²) in [5.74, 6) is 0.759. The van der Waals surface area contributed by atoms with E-state index >= 15 is 0 Å². The fraction of sp³-hybridized carbons (Fsp3) is 0.222. The summed E-state index contributed by atoms with van der Waals surface area (Å²) < 4.78 is 0. The van der Waals surface area contributed by atoms with Crippen molar-refractivity contribution in [1.29, 1.82) is 0 Å². The van der Waals surface area contributed by atoms with Crippen molar-refractivity contribution in [2.24, 2.45) is 0 Å². The van der Waals surface area contributed by atoms with Gasteiger partial charge in [0, 0.05) is 6.54 Å². The third kappa shape index (κ3) is 1.56. The smallest absolute Gasteiger partial charge is 0.162 e. The molecule has 72 valence electrons. The minimum Gasteiger partial charge on any atom is -0.365 e. The van der Waals surface area contributed by atoms with E-state index in [1.165, 1.54) is 6.33 Å². The van der Waals surface area contributed by atoms with E-state index in [1.54, 1.807) is 6.33 Å². The number of rotatable bonds is 3. The van der Waals surface area contributed by atoms with Crippen LogP contribution < -0.4 is 5.32 Å². The van der Waals surface area contributed by atoms with Gasteiger partial charge in [-0.25, -0.2) is 15.0 Å². The molecule has 0 aliphatic rings. The Kier molecular flexibility index (Phi) is 2.40. The Labute approximate surface area is 81.3 Å². The first kappa shape index (κ1) is 8.68. The molecule has 0 aliphatic carbocycles. The number of nitrogens with one attached hydrogen (secondary N) is 2. The molecule has 5 nitrogen and oxygen atoms in total. The highest BCUT2D eigenvalue weighted by Gasteiger charge is 2.03. The molecule has 0 aromatic carbocycles. The van der Waals surface area contributed by atoms with E-state index in [0.29, 0.717) is 0 Å². The largest absolute Gasteiger partial charge is 0.365 e. The number of imidazole rings is 1. The van der Waals surface area contributed by atoms with Crippen molar-refractivity contribution in [2.45, 2.75) is 6.92 Å². The number of H-pyrrole nitrogens is 1. The van der Waals surface area contributed by atoms with Crippen molar-refractivity contribution < 1.29 is 0 Å². The molecule has 5 heteroatoms. The van der Waals surface area contributed by atoms with E-state index in [4.69, 9.17) is 0 Å². The van der Waals surface area contributed by atoms with Crippen LogP contribution in [-0.2, 0) is 0 Å². The van der Waals surface area contributed by atoms with Gasteiger partial charge in [-0.05, 0) is 6.92 Å². The van der Waals surface area contributed by atoms with Crippen LogP contribution in [0.1, 0.15) is 6.92 Å². The monoisotopic (exact) mass is 189 g/mol. The highest BCUT2D eigenvalue weighted by atomic mass is 15.1. The summed E-state index contributed by atoms with van der Waals surface area (Å²) in [5, 5.41) is 3.15. The summed E-state index contributed by atoms with van der Waals surface area (Å²) in [6.45, 7) is 2.72. The van der Waals surface area contributed by atoms with E-state index in [-0.39, 0.29) is 0 Å². The van der Waals surface area contributed by atoms with Crippen LogP contribution in [0.3, 0.4) is 0 Å². The van der Waals surface area contributed by atoms with E-state index in [2.05, 4.69) is 25.3 Å². The van der Waals surface area contributed by atoms with Gasteiger partial charge < -0.3 is 10.3 Å². The second-order valence-electron chi connectivity index (χ2n) is 2.77. The van der Waals surface area contributed by atoms with Crippen LogP contribution in [0.4, 0.5) is 5.82 Å². The Morgan fingerprint density at radius 2 is 2.36 bits per heavy atom. The van der Waals surface area contributed by atoms with Gasteiger partial charge in [0.25, 0.3) is 0 Å². The van der Waals surface area contributed by atoms with Crippen LogP contribution in [0.2, 0.25) is 0 Å². The first-order valence-corrected chi connectivity index (χ1v) is 4.41. The van der Waals surface area contributed by atoms with Crippen LogP contribution in [0.25, 0.3) is 11.2 Å². The van der Waals surface area contributed by atoms with Crippen LogP contribution >= 0.6 is 0 Å². The van der Waals surface area contributed by atoms with E-state index in [0.717, 1.165) is 23.5 Å². The summed E-state index contributed by atoms with van der Waals surface area (Å²) in [6, 6.07) is 0. The average molecular weight is 189 g/mol. The number of allylic oxidation sites excluding steroid dienone is 1. The Morgan fingerprint density at radius 3 is 3.21 bits per heavy atom.